The maximum atomic E-state index is 12.2. The number of nitrogens with one attached hydrogen (secondary N) is 1. The van der Waals surface area contributed by atoms with Crippen molar-refractivity contribution in [1.82, 2.24) is 20.1 Å². The van der Waals surface area contributed by atoms with Crippen LogP contribution in [0, 0.1) is 6.92 Å². The zero-order valence-electron chi connectivity index (χ0n) is 15.4. The molecule has 8 heteroatoms. The van der Waals surface area contributed by atoms with E-state index in [1.807, 2.05) is 41.8 Å². The highest BCUT2D eigenvalue weighted by molar-refractivity contribution is 7.99. The number of hydrogen-bond acceptors (Lipinski definition) is 5. The van der Waals surface area contributed by atoms with E-state index in [1.54, 1.807) is 24.3 Å². The van der Waals surface area contributed by atoms with Crippen LogP contribution >= 0.6 is 23.4 Å². The number of aromatic nitrogens is 3. The van der Waals surface area contributed by atoms with Gasteiger partial charge in [-0.3, -0.25) is 4.79 Å². The van der Waals surface area contributed by atoms with Crippen molar-refractivity contribution in [2.75, 3.05) is 12.3 Å². The molecule has 0 radical (unpaired) electrons. The van der Waals surface area contributed by atoms with Crippen LogP contribution in [0.5, 0.6) is 0 Å². The number of rotatable bonds is 8. The number of aryl methyl sites for hydroxylation is 1. The number of hydrogen-bond donors (Lipinski definition) is 2. The molecule has 0 aliphatic carbocycles. The van der Waals surface area contributed by atoms with Gasteiger partial charge in [-0.05, 0) is 30.2 Å². The highest BCUT2D eigenvalue weighted by Crippen LogP contribution is 2.19. The summed E-state index contributed by atoms with van der Waals surface area (Å²) in [4.78, 5) is 12.2. The summed E-state index contributed by atoms with van der Waals surface area (Å²) in [5.41, 5.74) is 1.85. The van der Waals surface area contributed by atoms with Crippen molar-refractivity contribution in [3.63, 3.8) is 0 Å². The first-order valence-electron chi connectivity index (χ1n) is 8.79. The SMILES string of the molecule is Cc1nnc(SCC(=O)NCC(O)c2ccc(Cl)cc2)n1Cc1ccccc1. The Kier molecular flexibility index (Phi) is 7.08. The van der Waals surface area contributed by atoms with Gasteiger partial charge in [-0.25, -0.2) is 0 Å². The standard InChI is InChI=1S/C20H21ClN4O2S/c1-14-23-24-20(25(14)12-15-5-3-2-4-6-15)28-13-19(27)22-11-18(26)16-7-9-17(21)10-8-16/h2-10,18,26H,11-13H2,1H3,(H,22,27). The molecule has 146 valence electrons. The molecule has 0 bridgehead atoms. The Morgan fingerprint density at radius 1 is 1.18 bits per heavy atom. The third kappa shape index (κ3) is 5.58. The van der Waals surface area contributed by atoms with Crippen molar-refractivity contribution >= 4 is 29.3 Å². The molecule has 1 heterocycles. The fourth-order valence-electron chi connectivity index (χ4n) is 2.61. The molecule has 0 saturated carbocycles. The van der Waals surface area contributed by atoms with Crippen LogP contribution in [0.15, 0.2) is 59.8 Å². The number of carbonyl (C=O) groups excluding carboxylic acids is 1. The molecular formula is C20H21ClN4O2S. The van der Waals surface area contributed by atoms with E-state index in [-0.39, 0.29) is 18.2 Å². The number of amides is 1. The summed E-state index contributed by atoms with van der Waals surface area (Å²) in [5, 5.41) is 22.5. The second kappa shape index (κ2) is 9.73. The maximum absolute atomic E-state index is 12.2. The molecule has 0 aliphatic heterocycles. The van der Waals surface area contributed by atoms with Gasteiger partial charge in [0.25, 0.3) is 0 Å². The minimum atomic E-state index is -0.782. The summed E-state index contributed by atoms with van der Waals surface area (Å²) in [7, 11) is 0. The summed E-state index contributed by atoms with van der Waals surface area (Å²) in [6.45, 7) is 2.68. The molecule has 2 aromatic carbocycles. The van der Waals surface area contributed by atoms with Crippen molar-refractivity contribution in [2.45, 2.75) is 24.7 Å². The van der Waals surface area contributed by atoms with Crippen LogP contribution in [0.1, 0.15) is 23.1 Å². The molecule has 0 fully saturated rings. The van der Waals surface area contributed by atoms with E-state index in [1.165, 1.54) is 11.8 Å². The van der Waals surface area contributed by atoms with Gasteiger partial charge in [0.2, 0.25) is 5.91 Å². The molecule has 0 aliphatic rings. The fourth-order valence-corrected chi connectivity index (χ4v) is 3.55. The fraction of sp³-hybridized carbons (Fsp3) is 0.250. The van der Waals surface area contributed by atoms with Crippen molar-refractivity contribution in [3.8, 4) is 0 Å². The molecule has 3 rings (SSSR count). The van der Waals surface area contributed by atoms with Crippen LogP contribution in [0.4, 0.5) is 0 Å². The minimum absolute atomic E-state index is 0.136. The summed E-state index contributed by atoms with van der Waals surface area (Å²) in [6, 6.07) is 16.9. The average Bonchev–Trinajstić information content (AvgIpc) is 3.05. The molecule has 0 spiro atoms. The number of aliphatic hydroxyl groups excluding tert-OH is 1. The topological polar surface area (TPSA) is 80.0 Å². The Bertz CT molecular complexity index is 916. The normalized spacial score (nSPS) is 12.0. The van der Waals surface area contributed by atoms with Gasteiger partial charge in [-0.15, -0.1) is 10.2 Å². The van der Waals surface area contributed by atoms with Crippen molar-refractivity contribution in [1.29, 1.82) is 0 Å². The van der Waals surface area contributed by atoms with Crippen LogP contribution in [-0.2, 0) is 11.3 Å². The zero-order valence-corrected chi connectivity index (χ0v) is 17.0. The Morgan fingerprint density at radius 3 is 2.61 bits per heavy atom. The van der Waals surface area contributed by atoms with E-state index in [4.69, 9.17) is 11.6 Å². The Labute approximate surface area is 172 Å². The Hall–Kier alpha value is -2.35. The first kappa shape index (κ1) is 20.4. The number of halogens is 1. The minimum Gasteiger partial charge on any atom is -0.387 e. The second-order valence-electron chi connectivity index (χ2n) is 6.26. The molecule has 6 nitrogen and oxygen atoms in total. The molecule has 0 saturated heterocycles. The average molecular weight is 417 g/mol. The molecule has 3 aromatic rings. The van der Waals surface area contributed by atoms with E-state index in [2.05, 4.69) is 15.5 Å². The second-order valence-corrected chi connectivity index (χ2v) is 7.64. The lowest BCUT2D eigenvalue weighted by molar-refractivity contribution is -0.119. The van der Waals surface area contributed by atoms with Crippen molar-refractivity contribution < 1.29 is 9.90 Å². The summed E-state index contributed by atoms with van der Waals surface area (Å²) >= 11 is 7.16. The third-order valence-corrected chi connectivity index (χ3v) is 5.38. The van der Waals surface area contributed by atoms with Gasteiger partial charge < -0.3 is 15.0 Å². The lowest BCUT2D eigenvalue weighted by Crippen LogP contribution is -2.29. The van der Waals surface area contributed by atoms with Crippen molar-refractivity contribution in [3.05, 3.63) is 76.6 Å². The quantitative estimate of drug-likeness (QED) is 0.551. The molecule has 28 heavy (non-hydrogen) atoms. The number of aliphatic hydroxyl groups is 1. The molecule has 2 N–H and O–H groups in total. The smallest absolute Gasteiger partial charge is 0.230 e. The lowest BCUT2D eigenvalue weighted by atomic mass is 10.1. The Morgan fingerprint density at radius 2 is 1.89 bits per heavy atom. The molecule has 1 amide bonds. The van der Waals surface area contributed by atoms with Gasteiger partial charge in [-0.2, -0.15) is 0 Å². The summed E-state index contributed by atoms with van der Waals surface area (Å²) in [5.74, 6) is 0.815. The van der Waals surface area contributed by atoms with Gasteiger partial charge in [0.05, 0.1) is 18.4 Å². The van der Waals surface area contributed by atoms with Gasteiger partial charge in [0, 0.05) is 11.6 Å². The third-order valence-electron chi connectivity index (χ3n) is 4.17. The van der Waals surface area contributed by atoms with Crippen LogP contribution in [0.2, 0.25) is 5.02 Å². The van der Waals surface area contributed by atoms with E-state index in [9.17, 15) is 9.90 Å². The lowest BCUT2D eigenvalue weighted by Gasteiger charge is -2.12. The number of benzene rings is 2. The number of nitrogens with zero attached hydrogens (tertiary/aromatic N) is 3. The first-order valence-corrected chi connectivity index (χ1v) is 10.2. The van der Waals surface area contributed by atoms with Crippen LogP contribution in [-0.4, -0.2) is 38.1 Å². The highest BCUT2D eigenvalue weighted by Gasteiger charge is 2.14. The first-order chi connectivity index (χ1) is 13.5. The van der Waals surface area contributed by atoms with E-state index in [0.29, 0.717) is 22.3 Å². The van der Waals surface area contributed by atoms with Crippen LogP contribution in [0.3, 0.4) is 0 Å². The molecular weight excluding hydrogens is 396 g/mol. The number of carbonyl (C=O) groups is 1. The number of thioether (sulfide) groups is 1. The predicted octanol–water partition coefficient (Wildman–Crippen LogP) is 3.23. The molecule has 1 unspecified atom stereocenters. The monoisotopic (exact) mass is 416 g/mol. The molecule has 1 aromatic heterocycles. The summed E-state index contributed by atoms with van der Waals surface area (Å²) in [6.07, 6.45) is -0.782. The predicted molar refractivity (Wildman–Crippen MR) is 110 cm³/mol. The van der Waals surface area contributed by atoms with E-state index < -0.39 is 6.10 Å². The van der Waals surface area contributed by atoms with Gasteiger partial charge in [-0.1, -0.05) is 65.8 Å². The Balaban J connectivity index is 1.51. The van der Waals surface area contributed by atoms with Crippen LogP contribution < -0.4 is 5.32 Å². The van der Waals surface area contributed by atoms with Gasteiger partial charge in [0.15, 0.2) is 5.16 Å². The van der Waals surface area contributed by atoms with Gasteiger partial charge >= 0.3 is 0 Å². The van der Waals surface area contributed by atoms with E-state index in [0.717, 1.165) is 11.4 Å². The molecule has 1 atom stereocenters. The largest absolute Gasteiger partial charge is 0.387 e. The van der Waals surface area contributed by atoms with Crippen molar-refractivity contribution in [2.24, 2.45) is 0 Å². The zero-order chi connectivity index (χ0) is 19.9. The van der Waals surface area contributed by atoms with Crippen LogP contribution in [0.25, 0.3) is 0 Å². The van der Waals surface area contributed by atoms with E-state index >= 15 is 0 Å². The highest BCUT2D eigenvalue weighted by atomic mass is 35.5. The maximum Gasteiger partial charge on any atom is 0.230 e. The van der Waals surface area contributed by atoms with Gasteiger partial charge in [0.1, 0.15) is 5.82 Å². The summed E-state index contributed by atoms with van der Waals surface area (Å²) < 4.78 is 1.98.